The highest BCUT2D eigenvalue weighted by Gasteiger charge is 2.38. The van der Waals surface area contributed by atoms with E-state index in [0.29, 0.717) is 18.6 Å². The molecule has 0 bridgehead atoms. The first-order valence-electron chi connectivity index (χ1n) is 6.51. The summed E-state index contributed by atoms with van der Waals surface area (Å²) in [5.74, 6) is 0. The van der Waals surface area contributed by atoms with Crippen molar-refractivity contribution in [2.24, 2.45) is 5.73 Å². The Hall–Kier alpha value is -0.160. The Morgan fingerprint density at radius 3 is 2.56 bits per heavy atom. The van der Waals surface area contributed by atoms with Gasteiger partial charge in [-0.3, -0.25) is 0 Å². The van der Waals surface area contributed by atoms with E-state index in [0.717, 1.165) is 19.6 Å². The SMILES string of the molecule is CC1CCCC(C)N1NC1(CN)CCOC1. The number of nitrogens with zero attached hydrogens (tertiary/aromatic N) is 1. The summed E-state index contributed by atoms with van der Waals surface area (Å²) in [6.07, 6.45) is 4.92. The lowest BCUT2D eigenvalue weighted by molar-refractivity contribution is -0.00123. The Morgan fingerprint density at radius 2 is 2.06 bits per heavy atom. The molecule has 94 valence electrons. The van der Waals surface area contributed by atoms with Crippen molar-refractivity contribution in [1.29, 1.82) is 0 Å². The van der Waals surface area contributed by atoms with Crippen LogP contribution in [0.15, 0.2) is 0 Å². The Morgan fingerprint density at radius 1 is 1.38 bits per heavy atom. The number of hydrazine groups is 1. The molecule has 4 heteroatoms. The van der Waals surface area contributed by atoms with E-state index in [1.165, 1.54) is 19.3 Å². The second-order valence-corrected chi connectivity index (χ2v) is 5.44. The maximum absolute atomic E-state index is 5.91. The molecule has 0 aromatic heterocycles. The van der Waals surface area contributed by atoms with E-state index in [2.05, 4.69) is 24.3 Å². The second-order valence-electron chi connectivity index (χ2n) is 5.44. The molecule has 0 aromatic carbocycles. The van der Waals surface area contributed by atoms with Gasteiger partial charge in [0.25, 0.3) is 0 Å². The molecule has 16 heavy (non-hydrogen) atoms. The minimum absolute atomic E-state index is 0.0140. The normalized spacial score (nSPS) is 41.4. The number of ether oxygens (including phenoxy) is 1. The number of nitrogens with one attached hydrogen (secondary N) is 1. The van der Waals surface area contributed by atoms with Crippen LogP contribution < -0.4 is 11.2 Å². The van der Waals surface area contributed by atoms with E-state index in [1.54, 1.807) is 0 Å². The van der Waals surface area contributed by atoms with Gasteiger partial charge in [-0.2, -0.15) is 0 Å². The number of nitrogens with two attached hydrogens (primary N) is 1. The van der Waals surface area contributed by atoms with E-state index in [9.17, 15) is 0 Å². The molecule has 2 aliphatic rings. The third-order valence-electron chi connectivity index (χ3n) is 4.05. The van der Waals surface area contributed by atoms with Gasteiger partial charge in [0.2, 0.25) is 0 Å². The smallest absolute Gasteiger partial charge is 0.0702 e. The van der Waals surface area contributed by atoms with Crippen molar-refractivity contribution < 1.29 is 4.74 Å². The average molecular weight is 227 g/mol. The Kier molecular flexibility index (Phi) is 3.85. The molecule has 2 saturated heterocycles. The van der Waals surface area contributed by atoms with Crippen LogP contribution in [0.3, 0.4) is 0 Å². The monoisotopic (exact) mass is 227 g/mol. The fourth-order valence-corrected chi connectivity index (χ4v) is 2.82. The van der Waals surface area contributed by atoms with Crippen LogP contribution >= 0.6 is 0 Å². The lowest BCUT2D eigenvalue weighted by Crippen LogP contribution is -2.64. The van der Waals surface area contributed by atoms with Crippen LogP contribution in [-0.2, 0) is 4.74 Å². The first-order valence-corrected chi connectivity index (χ1v) is 6.51. The minimum Gasteiger partial charge on any atom is -0.379 e. The van der Waals surface area contributed by atoms with Gasteiger partial charge in [0, 0.05) is 25.2 Å². The van der Waals surface area contributed by atoms with Gasteiger partial charge in [-0.25, -0.2) is 10.4 Å². The van der Waals surface area contributed by atoms with E-state index >= 15 is 0 Å². The maximum Gasteiger partial charge on any atom is 0.0702 e. The summed E-state index contributed by atoms with van der Waals surface area (Å²) in [4.78, 5) is 0. The summed E-state index contributed by atoms with van der Waals surface area (Å²) in [5, 5.41) is 2.41. The largest absolute Gasteiger partial charge is 0.379 e. The van der Waals surface area contributed by atoms with Crippen molar-refractivity contribution in [3.8, 4) is 0 Å². The van der Waals surface area contributed by atoms with Crippen molar-refractivity contribution in [2.75, 3.05) is 19.8 Å². The van der Waals surface area contributed by atoms with Crippen molar-refractivity contribution in [3.63, 3.8) is 0 Å². The zero-order valence-corrected chi connectivity index (χ0v) is 10.5. The van der Waals surface area contributed by atoms with Crippen LogP contribution in [0.2, 0.25) is 0 Å². The molecule has 2 heterocycles. The number of hydrogen-bond acceptors (Lipinski definition) is 4. The molecule has 0 radical (unpaired) electrons. The van der Waals surface area contributed by atoms with E-state index in [-0.39, 0.29) is 5.54 Å². The zero-order valence-electron chi connectivity index (χ0n) is 10.5. The standard InChI is InChI=1S/C12H25N3O/c1-10-4-3-5-11(2)15(10)14-12(8-13)6-7-16-9-12/h10-11,14H,3-9,13H2,1-2H3. The van der Waals surface area contributed by atoms with Gasteiger partial charge in [-0.05, 0) is 33.1 Å². The van der Waals surface area contributed by atoms with Crippen molar-refractivity contribution >= 4 is 0 Å². The van der Waals surface area contributed by atoms with Gasteiger partial charge in [0.1, 0.15) is 0 Å². The summed E-state index contributed by atoms with van der Waals surface area (Å²) < 4.78 is 5.49. The van der Waals surface area contributed by atoms with Crippen LogP contribution in [0.1, 0.15) is 39.5 Å². The molecule has 4 nitrogen and oxygen atoms in total. The van der Waals surface area contributed by atoms with Crippen molar-refractivity contribution in [3.05, 3.63) is 0 Å². The van der Waals surface area contributed by atoms with E-state index in [4.69, 9.17) is 10.5 Å². The summed E-state index contributed by atoms with van der Waals surface area (Å²) in [6, 6.07) is 1.21. The second kappa shape index (κ2) is 5.00. The third kappa shape index (κ3) is 2.40. The van der Waals surface area contributed by atoms with Crippen molar-refractivity contribution in [1.82, 2.24) is 10.4 Å². The molecule has 0 spiro atoms. The molecule has 3 unspecified atom stereocenters. The Balaban J connectivity index is 2.00. The molecular formula is C12H25N3O. The first kappa shape index (κ1) is 12.3. The number of hydrogen-bond donors (Lipinski definition) is 2. The molecule has 2 aliphatic heterocycles. The van der Waals surface area contributed by atoms with Crippen LogP contribution in [0.4, 0.5) is 0 Å². The van der Waals surface area contributed by atoms with E-state index < -0.39 is 0 Å². The summed E-state index contributed by atoms with van der Waals surface area (Å²) in [5.41, 5.74) is 9.56. The topological polar surface area (TPSA) is 50.5 Å². The quantitative estimate of drug-likeness (QED) is 0.751. The molecule has 0 aromatic rings. The molecule has 2 fully saturated rings. The molecule has 0 amide bonds. The number of piperidine rings is 1. The number of rotatable bonds is 3. The van der Waals surface area contributed by atoms with Gasteiger partial charge in [-0.15, -0.1) is 0 Å². The highest BCUT2D eigenvalue weighted by Crippen LogP contribution is 2.25. The summed E-state index contributed by atoms with van der Waals surface area (Å²) in [7, 11) is 0. The van der Waals surface area contributed by atoms with Gasteiger partial charge < -0.3 is 10.5 Å². The first-order chi connectivity index (χ1) is 7.67. The molecular weight excluding hydrogens is 202 g/mol. The van der Waals surface area contributed by atoms with Crippen LogP contribution in [0.25, 0.3) is 0 Å². The molecule has 2 rings (SSSR count). The molecule has 3 N–H and O–H groups in total. The molecule has 3 atom stereocenters. The molecule has 0 saturated carbocycles. The molecule has 0 aliphatic carbocycles. The van der Waals surface area contributed by atoms with Gasteiger partial charge in [0.05, 0.1) is 12.1 Å². The zero-order chi connectivity index (χ0) is 11.6. The highest BCUT2D eigenvalue weighted by molar-refractivity contribution is 4.93. The lowest BCUT2D eigenvalue weighted by atomic mass is 9.97. The Labute approximate surface area is 98.5 Å². The van der Waals surface area contributed by atoms with E-state index in [1.807, 2.05) is 0 Å². The van der Waals surface area contributed by atoms with Gasteiger partial charge >= 0.3 is 0 Å². The predicted octanol–water partition coefficient (Wildman–Crippen LogP) is 0.872. The van der Waals surface area contributed by atoms with Crippen LogP contribution in [-0.4, -0.2) is 42.4 Å². The Bertz CT molecular complexity index is 218. The van der Waals surface area contributed by atoms with Gasteiger partial charge in [-0.1, -0.05) is 6.42 Å². The predicted molar refractivity (Wildman–Crippen MR) is 65.0 cm³/mol. The van der Waals surface area contributed by atoms with Crippen LogP contribution in [0, 0.1) is 0 Å². The fourth-order valence-electron chi connectivity index (χ4n) is 2.82. The lowest BCUT2D eigenvalue weighted by Gasteiger charge is -2.44. The summed E-state index contributed by atoms with van der Waals surface area (Å²) in [6.45, 7) is 6.83. The van der Waals surface area contributed by atoms with Gasteiger partial charge in [0.15, 0.2) is 0 Å². The average Bonchev–Trinajstić information content (AvgIpc) is 2.73. The fraction of sp³-hybridized carbons (Fsp3) is 1.00. The minimum atomic E-state index is -0.0140. The summed E-state index contributed by atoms with van der Waals surface area (Å²) >= 11 is 0. The third-order valence-corrected chi connectivity index (χ3v) is 4.05. The van der Waals surface area contributed by atoms with Crippen LogP contribution in [0.5, 0.6) is 0 Å². The van der Waals surface area contributed by atoms with Crippen molar-refractivity contribution in [2.45, 2.75) is 57.2 Å². The highest BCUT2D eigenvalue weighted by atomic mass is 16.5. The maximum atomic E-state index is 5.91.